The van der Waals surface area contributed by atoms with Gasteiger partial charge in [-0.1, -0.05) is 109 Å². The van der Waals surface area contributed by atoms with Crippen molar-refractivity contribution < 1.29 is 4.79 Å². The Morgan fingerprint density at radius 2 is 1.17 bits per heavy atom. The highest BCUT2D eigenvalue weighted by Crippen LogP contribution is 2.33. The topological polar surface area (TPSA) is 49.0 Å². The minimum atomic E-state index is 0.0491. The average molecular weight is 476 g/mol. The lowest BCUT2D eigenvalue weighted by atomic mass is 10.1. The van der Waals surface area contributed by atoms with Gasteiger partial charge in [0.05, 0.1) is 11.4 Å². The minimum Gasteiger partial charge on any atom is -0.332 e. The lowest BCUT2D eigenvalue weighted by molar-refractivity contribution is -0.117. The maximum atomic E-state index is 13.3. The molecule has 0 aliphatic rings. The molecule has 0 unspecified atom stereocenters. The van der Waals surface area contributed by atoms with Crippen molar-refractivity contribution in [2.75, 3.05) is 10.7 Å². The smallest absolute Gasteiger partial charge is 0.232 e. The first kappa shape index (κ1) is 22.7. The van der Waals surface area contributed by atoms with Crippen LogP contribution in [0.3, 0.4) is 0 Å². The first-order chi connectivity index (χ1) is 17.3. The van der Waals surface area contributed by atoms with Gasteiger partial charge in [0, 0.05) is 34.7 Å². The molecule has 5 rings (SSSR count). The molecule has 5 aromatic rings. The van der Waals surface area contributed by atoms with Gasteiger partial charge >= 0.3 is 0 Å². The van der Waals surface area contributed by atoms with Crippen LogP contribution in [0.5, 0.6) is 0 Å². The summed E-state index contributed by atoms with van der Waals surface area (Å²) in [5.41, 5.74) is 5.78. The summed E-state index contributed by atoms with van der Waals surface area (Å²) in [6.45, 7) is 0. The van der Waals surface area contributed by atoms with E-state index in [1.165, 1.54) is 0 Å². The SMILES string of the molecule is O=C(CCSc1nc(-c2ccccc2)c(-c2ccccc2)[nH]1)N(c1ccccc1)c1ccccc1. The zero-order valence-corrected chi connectivity index (χ0v) is 20.0. The lowest BCUT2D eigenvalue weighted by Crippen LogP contribution is -2.26. The zero-order chi connectivity index (χ0) is 23.9. The van der Waals surface area contributed by atoms with E-state index in [2.05, 4.69) is 29.2 Å². The number of hydrogen-bond donors (Lipinski definition) is 1. The van der Waals surface area contributed by atoms with Crippen molar-refractivity contribution in [3.05, 3.63) is 121 Å². The van der Waals surface area contributed by atoms with Crippen molar-refractivity contribution in [3.8, 4) is 22.5 Å². The Kier molecular flexibility index (Phi) is 7.06. The second-order valence-corrected chi connectivity index (χ2v) is 9.08. The Morgan fingerprint density at radius 3 is 1.71 bits per heavy atom. The molecule has 5 heteroatoms. The number of aromatic nitrogens is 2. The number of hydrogen-bond acceptors (Lipinski definition) is 3. The summed E-state index contributed by atoms with van der Waals surface area (Å²) in [6.07, 6.45) is 0.385. The molecule has 4 aromatic carbocycles. The van der Waals surface area contributed by atoms with Crippen molar-refractivity contribution >= 4 is 29.0 Å². The number of rotatable bonds is 8. The largest absolute Gasteiger partial charge is 0.332 e. The summed E-state index contributed by atoms with van der Waals surface area (Å²) in [7, 11) is 0. The van der Waals surface area contributed by atoms with Crippen molar-refractivity contribution in [3.63, 3.8) is 0 Å². The quantitative estimate of drug-likeness (QED) is 0.235. The van der Waals surface area contributed by atoms with Gasteiger partial charge in [-0.3, -0.25) is 9.69 Å². The van der Waals surface area contributed by atoms with Crippen LogP contribution in [0.25, 0.3) is 22.5 Å². The normalized spacial score (nSPS) is 10.7. The first-order valence-corrected chi connectivity index (χ1v) is 12.5. The van der Waals surface area contributed by atoms with Gasteiger partial charge in [-0.25, -0.2) is 4.98 Å². The summed E-state index contributed by atoms with van der Waals surface area (Å²) in [5, 5.41) is 0.807. The average Bonchev–Trinajstić information content (AvgIpc) is 3.35. The molecule has 0 aliphatic carbocycles. The summed E-state index contributed by atoms with van der Waals surface area (Å²) in [4.78, 5) is 23.5. The van der Waals surface area contributed by atoms with Crippen LogP contribution in [-0.4, -0.2) is 21.6 Å². The predicted molar refractivity (Wildman–Crippen MR) is 145 cm³/mol. The molecule has 35 heavy (non-hydrogen) atoms. The van der Waals surface area contributed by atoms with E-state index in [0.29, 0.717) is 12.2 Å². The molecule has 4 nitrogen and oxygen atoms in total. The lowest BCUT2D eigenvalue weighted by Gasteiger charge is -2.23. The molecule has 0 saturated heterocycles. The van der Waals surface area contributed by atoms with E-state index in [4.69, 9.17) is 4.98 Å². The molecule has 1 aromatic heterocycles. The number of thioether (sulfide) groups is 1. The second-order valence-electron chi connectivity index (χ2n) is 8.00. The molecule has 0 fully saturated rings. The third-order valence-electron chi connectivity index (χ3n) is 5.62. The van der Waals surface area contributed by atoms with Crippen LogP contribution >= 0.6 is 11.8 Å². The molecule has 0 atom stereocenters. The van der Waals surface area contributed by atoms with Crippen molar-refractivity contribution in [1.82, 2.24) is 9.97 Å². The van der Waals surface area contributed by atoms with Gasteiger partial charge in [0.15, 0.2) is 5.16 Å². The monoisotopic (exact) mass is 475 g/mol. The van der Waals surface area contributed by atoms with Gasteiger partial charge in [-0.05, 0) is 24.3 Å². The number of benzene rings is 4. The highest BCUT2D eigenvalue weighted by atomic mass is 32.2. The van der Waals surface area contributed by atoms with E-state index in [1.807, 2.05) is 97.1 Å². The fourth-order valence-electron chi connectivity index (χ4n) is 3.98. The molecule has 0 saturated carbocycles. The Morgan fingerprint density at radius 1 is 0.686 bits per heavy atom. The summed E-state index contributed by atoms with van der Waals surface area (Å²) in [6, 6.07) is 40.0. The predicted octanol–water partition coefficient (Wildman–Crippen LogP) is 7.59. The number of nitrogens with one attached hydrogen (secondary N) is 1. The van der Waals surface area contributed by atoms with Gasteiger partial charge in [0.25, 0.3) is 0 Å². The second kappa shape index (κ2) is 10.9. The standard InChI is InChI=1S/C30H25N3OS/c34-27(33(25-17-9-3-10-18-25)26-19-11-4-12-20-26)21-22-35-30-31-28(23-13-5-1-6-14-23)29(32-30)24-15-7-2-8-16-24/h1-20H,21-22H2,(H,31,32). The van der Waals surface area contributed by atoms with Crippen LogP contribution in [-0.2, 0) is 4.79 Å². The third-order valence-corrected chi connectivity index (χ3v) is 6.50. The molecule has 1 amide bonds. The van der Waals surface area contributed by atoms with E-state index in [9.17, 15) is 4.79 Å². The number of carbonyl (C=O) groups excluding carboxylic acids is 1. The van der Waals surface area contributed by atoms with E-state index in [0.717, 1.165) is 39.0 Å². The van der Waals surface area contributed by atoms with Gasteiger partial charge < -0.3 is 4.98 Å². The Bertz CT molecular complexity index is 1270. The number of nitrogens with zero attached hydrogens (tertiary/aromatic N) is 2. The van der Waals surface area contributed by atoms with Gasteiger partial charge in [-0.2, -0.15) is 0 Å². The summed E-state index contributed by atoms with van der Waals surface area (Å²) < 4.78 is 0. The van der Waals surface area contributed by atoms with Crippen LogP contribution in [0.1, 0.15) is 6.42 Å². The highest BCUT2D eigenvalue weighted by molar-refractivity contribution is 7.99. The van der Waals surface area contributed by atoms with Crippen molar-refractivity contribution in [2.45, 2.75) is 11.6 Å². The molecule has 0 aliphatic heterocycles. The first-order valence-electron chi connectivity index (χ1n) is 11.6. The Labute approximate surface area is 209 Å². The molecule has 1 heterocycles. The van der Waals surface area contributed by atoms with Crippen LogP contribution in [0, 0.1) is 0 Å². The molecule has 0 radical (unpaired) electrons. The third kappa shape index (κ3) is 5.36. The van der Waals surface area contributed by atoms with Crippen LogP contribution in [0.15, 0.2) is 126 Å². The van der Waals surface area contributed by atoms with E-state index >= 15 is 0 Å². The molecule has 1 N–H and O–H groups in total. The van der Waals surface area contributed by atoms with Gasteiger partial charge in [-0.15, -0.1) is 0 Å². The maximum Gasteiger partial charge on any atom is 0.232 e. The molecular formula is C30H25N3OS. The Hall–Kier alpha value is -4.09. The Balaban J connectivity index is 1.35. The number of anilines is 2. The van der Waals surface area contributed by atoms with E-state index < -0.39 is 0 Å². The van der Waals surface area contributed by atoms with Crippen LogP contribution < -0.4 is 4.90 Å². The molecule has 172 valence electrons. The maximum absolute atomic E-state index is 13.3. The zero-order valence-electron chi connectivity index (χ0n) is 19.2. The fraction of sp³-hybridized carbons (Fsp3) is 0.0667. The fourth-order valence-corrected chi connectivity index (χ4v) is 4.78. The number of H-pyrrole nitrogens is 1. The van der Waals surface area contributed by atoms with E-state index in [1.54, 1.807) is 16.7 Å². The van der Waals surface area contributed by atoms with Crippen molar-refractivity contribution in [1.29, 1.82) is 0 Å². The molecule has 0 spiro atoms. The van der Waals surface area contributed by atoms with E-state index in [-0.39, 0.29) is 5.91 Å². The minimum absolute atomic E-state index is 0.0491. The number of aromatic amines is 1. The van der Waals surface area contributed by atoms with Crippen LogP contribution in [0.2, 0.25) is 0 Å². The summed E-state index contributed by atoms with van der Waals surface area (Å²) >= 11 is 1.57. The molecular weight excluding hydrogens is 450 g/mol. The number of imidazole rings is 1. The molecule has 0 bridgehead atoms. The summed E-state index contributed by atoms with van der Waals surface area (Å²) in [5.74, 6) is 0.665. The van der Waals surface area contributed by atoms with Gasteiger partial charge in [0.1, 0.15) is 0 Å². The number of para-hydroxylation sites is 2. The van der Waals surface area contributed by atoms with Gasteiger partial charge in [0.2, 0.25) is 5.91 Å². The van der Waals surface area contributed by atoms with Crippen molar-refractivity contribution in [2.24, 2.45) is 0 Å². The number of carbonyl (C=O) groups is 1. The number of amides is 1. The highest BCUT2D eigenvalue weighted by Gasteiger charge is 2.19. The van der Waals surface area contributed by atoms with Crippen LogP contribution in [0.4, 0.5) is 11.4 Å².